The Balaban J connectivity index is 1.78. The lowest BCUT2D eigenvalue weighted by atomic mass is 10.2. The predicted octanol–water partition coefficient (Wildman–Crippen LogP) is 3.77. The van der Waals surface area contributed by atoms with Crippen LogP contribution in [0.1, 0.15) is 42.9 Å². The van der Waals surface area contributed by atoms with Crippen molar-refractivity contribution in [3.8, 4) is 0 Å². The molecule has 2 aromatic heterocycles. The number of benzene rings is 1. The Morgan fingerprint density at radius 3 is 2.68 bits per heavy atom. The SMILES string of the molecule is CCCn1c(C(=O)NCCc2ccccn2)cc2cc(NC(=O)CC)ccc21. The number of aryl methyl sites for hydroxylation is 1. The van der Waals surface area contributed by atoms with Gasteiger partial charge in [0.05, 0.1) is 0 Å². The van der Waals surface area contributed by atoms with E-state index in [1.807, 2.05) is 54.0 Å². The smallest absolute Gasteiger partial charge is 0.267 e. The van der Waals surface area contributed by atoms with E-state index in [0.29, 0.717) is 25.1 Å². The lowest BCUT2D eigenvalue weighted by Crippen LogP contribution is -2.28. The molecule has 0 unspecified atom stereocenters. The first-order valence-corrected chi connectivity index (χ1v) is 9.73. The molecule has 6 nitrogen and oxygen atoms in total. The molecular formula is C22H26N4O2. The Hall–Kier alpha value is -3.15. The Morgan fingerprint density at radius 2 is 1.96 bits per heavy atom. The largest absolute Gasteiger partial charge is 0.350 e. The molecule has 6 heteroatoms. The van der Waals surface area contributed by atoms with Gasteiger partial charge in [0.1, 0.15) is 5.69 Å². The molecule has 0 spiro atoms. The Bertz CT molecular complexity index is 963. The first-order valence-electron chi connectivity index (χ1n) is 9.73. The van der Waals surface area contributed by atoms with Gasteiger partial charge < -0.3 is 15.2 Å². The van der Waals surface area contributed by atoms with Crippen molar-refractivity contribution in [1.29, 1.82) is 0 Å². The molecule has 0 saturated carbocycles. The molecule has 1 aromatic carbocycles. The highest BCUT2D eigenvalue weighted by Crippen LogP contribution is 2.24. The third kappa shape index (κ3) is 4.57. The van der Waals surface area contributed by atoms with Crippen LogP contribution in [0, 0.1) is 0 Å². The van der Waals surface area contributed by atoms with Crippen LogP contribution in [-0.2, 0) is 17.8 Å². The molecule has 146 valence electrons. The van der Waals surface area contributed by atoms with Gasteiger partial charge in [0.2, 0.25) is 5.91 Å². The Morgan fingerprint density at radius 1 is 1.11 bits per heavy atom. The predicted molar refractivity (Wildman–Crippen MR) is 111 cm³/mol. The highest BCUT2D eigenvalue weighted by atomic mass is 16.2. The zero-order chi connectivity index (χ0) is 19.9. The number of rotatable bonds is 8. The number of nitrogens with zero attached hydrogens (tertiary/aromatic N) is 2. The van der Waals surface area contributed by atoms with Crippen LogP contribution >= 0.6 is 0 Å². The van der Waals surface area contributed by atoms with Crippen LogP contribution in [0.5, 0.6) is 0 Å². The van der Waals surface area contributed by atoms with Crippen molar-refractivity contribution in [3.63, 3.8) is 0 Å². The number of hydrogen-bond acceptors (Lipinski definition) is 3. The minimum atomic E-state index is -0.0975. The van der Waals surface area contributed by atoms with E-state index < -0.39 is 0 Å². The molecule has 0 radical (unpaired) electrons. The lowest BCUT2D eigenvalue weighted by Gasteiger charge is -2.10. The maximum absolute atomic E-state index is 12.8. The Labute approximate surface area is 165 Å². The van der Waals surface area contributed by atoms with Gasteiger partial charge in [0.15, 0.2) is 0 Å². The molecule has 0 saturated heterocycles. The van der Waals surface area contributed by atoms with Crippen molar-refractivity contribution in [2.45, 2.75) is 39.7 Å². The summed E-state index contributed by atoms with van der Waals surface area (Å²) in [5, 5.41) is 6.81. The molecule has 0 aliphatic rings. The normalized spacial score (nSPS) is 10.8. The van der Waals surface area contributed by atoms with Crippen molar-refractivity contribution in [1.82, 2.24) is 14.9 Å². The number of amides is 2. The summed E-state index contributed by atoms with van der Waals surface area (Å²) in [7, 11) is 0. The maximum atomic E-state index is 12.8. The van der Waals surface area contributed by atoms with Crippen LogP contribution in [0.3, 0.4) is 0 Å². The first-order chi connectivity index (χ1) is 13.6. The van der Waals surface area contributed by atoms with E-state index >= 15 is 0 Å². The standard InChI is InChI=1S/C22H26N4O2/c1-3-13-26-19-9-8-18(25-21(27)4-2)14-16(19)15-20(26)22(28)24-12-10-17-7-5-6-11-23-17/h5-9,11,14-15H,3-4,10,12-13H2,1-2H3,(H,24,28)(H,25,27). The summed E-state index contributed by atoms with van der Waals surface area (Å²) < 4.78 is 2.04. The fourth-order valence-corrected chi connectivity index (χ4v) is 3.19. The molecule has 3 rings (SSSR count). The molecule has 0 aliphatic carbocycles. The molecule has 0 atom stereocenters. The summed E-state index contributed by atoms with van der Waals surface area (Å²) in [5.41, 5.74) is 3.33. The second kappa shape index (κ2) is 9.17. The number of carbonyl (C=O) groups is 2. The average Bonchev–Trinajstić information content (AvgIpc) is 3.07. The summed E-state index contributed by atoms with van der Waals surface area (Å²) in [6.07, 6.45) is 3.80. The first kappa shape index (κ1) is 19.6. The van der Waals surface area contributed by atoms with Crippen molar-refractivity contribution in [2.75, 3.05) is 11.9 Å². The Kier molecular flexibility index (Phi) is 6.42. The monoisotopic (exact) mass is 378 g/mol. The van der Waals surface area contributed by atoms with Gasteiger partial charge in [0.25, 0.3) is 5.91 Å². The number of aromatic nitrogens is 2. The van der Waals surface area contributed by atoms with Gasteiger partial charge in [-0.2, -0.15) is 0 Å². The topological polar surface area (TPSA) is 76.0 Å². The second-order valence-electron chi connectivity index (χ2n) is 6.68. The van der Waals surface area contributed by atoms with Crippen molar-refractivity contribution in [2.24, 2.45) is 0 Å². The summed E-state index contributed by atoms with van der Waals surface area (Å²) in [6, 6.07) is 13.4. The number of fused-ring (bicyclic) bond motifs is 1. The number of pyridine rings is 1. The van der Waals surface area contributed by atoms with E-state index in [2.05, 4.69) is 22.5 Å². The van der Waals surface area contributed by atoms with Gasteiger partial charge in [0, 0.05) is 54.4 Å². The summed E-state index contributed by atoms with van der Waals surface area (Å²) in [6.45, 7) is 5.19. The van der Waals surface area contributed by atoms with Crippen LogP contribution < -0.4 is 10.6 Å². The van der Waals surface area contributed by atoms with Crippen LogP contribution in [-0.4, -0.2) is 27.9 Å². The lowest BCUT2D eigenvalue weighted by molar-refractivity contribution is -0.115. The van der Waals surface area contributed by atoms with Crippen molar-refractivity contribution >= 4 is 28.4 Å². The van der Waals surface area contributed by atoms with E-state index in [-0.39, 0.29) is 11.8 Å². The minimum absolute atomic E-state index is 0.0279. The molecular weight excluding hydrogens is 352 g/mol. The third-order valence-electron chi connectivity index (χ3n) is 4.58. The van der Waals surface area contributed by atoms with E-state index in [9.17, 15) is 9.59 Å². The zero-order valence-electron chi connectivity index (χ0n) is 16.4. The van der Waals surface area contributed by atoms with Gasteiger partial charge in [-0.05, 0) is 42.8 Å². The molecule has 2 N–H and O–H groups in total. The quantitative estimate of drug-likeness (QED) is 0.626. The summed E-state index contributed by atoms with van der Waals surface area (Å²) >= 11 is 0. The van der Waals surface area contributed by atoms with E-state index in [0.717, 1.165) is 35.2 Å². The number of anilines is 1. The summed E-state index contributed by atoms with van der Waals surface area (Å²) in [5.74, 6) is -0.125. The van der Waals surface area contributed by atoms with Crippen LogP contribution in [0.25, 0.3) is 10.9 Å². The van der Waals surface area contributed by atoms with Crippen molar-refractivity contribution in [3.05, 3.63) is 60.0 Å². The molecule has 3 aromatic rings. The zero-order valence-corrected chi connectivity index (χ0v) is 16.4. The highest BCUT2D eigenvalue weighted by molar-refractivity contribution is 6.00. The van der Waals surface area contributed by atoms with Crippen molar-refractivity contribution < 1.29 is 9.59 Å². The maximum Gasteiger partial charge on any atom is 0.267 e. The molecule has 2 heterocycles. The number of carbonyl (C=O) groups excluding carboxylic acids is 2. The molecule has 2 amide bonds. The number of nitrogens with one attached hydrogen (secondary N) is 2. The van der Waals surface area contributed by atoms with E-state index in [1.165, 1.54) is 0 Å². The third-order valence-corrected chi connectivity index (χ3v) is 4.58. The molecule has 0 fully saturated rings. The fraction of sp³-hybridized carbons (Fsp3) is 0.318. The summed E-state index contributed by atoms with van der Waals surface area (Å²) in [4.78, 5) is 28.7. The second-order valence-corrected chi connectivity index (χ2v) is 6.68. The van der Waals surface area contributed by atoms with Gasteiger partial charge in [-0.3, -0.25) is 14.6 Å². The van der Waals surface area contributed by atoms with Gasteiger partial charge in [-0.25, -0.2) is 0 Å². The minimum Gasteiger partial charge on any atom is -0.350 e. The van der Waals surface area contributed by atoms with Gasteiger partial charge in [-0.1, -0.05) is 19.9 Å². The van der Waals surface area contributed by atoms with Crippen LogP contribution in [0.4, 0.5) is 5.69 Å². The molecule has 28 heavy (non-hydrogen) atoms. The van der Waals surface area contributed by atoms with Crippen LogP contribution in [0.2, 0.25) is 0 Å². The molecule has 0 aliphatic heterocycles. The van der Waals surface area contributed by atoms with Crippen LogP contribution in [0.15, 0.2) is 48.7 Å². The fourth-order valence-electron chi connectivity index (χ4n) is 3.19. The highest BCUT2D eigenvalue weighted by Gasteiger charge is 2.15. The average molecular weight is 378 g/mol. The number of hydrogen-bond donors (Lipinski definition) is 2. The van der Waals surface area contributed by atoms with E-state index in [4.69, 9.17) is 0 Å². The van der Waals surface area contributed by atoms with Gasteiger partial charge in [-0.15, -0.1) is 0 Å². The molecule has 0 bridgehead atoms. The van der Waals surface area contributed by atoms with Gasteiger partial charge >= 0.3 is 0 Å². The van der Waals surface area contributed by atoms with E-state index in [1.54, 1.807) is 6.20 Å².